The van der Waals surface area contributed by atoms with E-state index in [1.807, 2.05) is 133 Å². The molecule has 1 aromatic heterocycles. The lowest BCUT2D eigenvalue weighted by atomic mass is 10.0. The van der Waals surface area contributed by atoms with Gasteiger partial charge in [-0.2, -0.15) is 10.2 Å². The number of hydrogen-bond acceptors (Lipinski definition) is 5. The third-order valence-electron chi connectivity index (χ3n) is 5.52. The molecule has 0 saturated carbocycles. The van der Waals surface area contributed by atoms with Crippen LogP contribution in [0.25, 0.3) is 0 Å². The summed E-state index contributed by atoms with van der Waals surface area (Å²) < 4.78 is 0. The fraction of sp³-hybridized carbons (Fsp3) is 0. The zero-order valence-corrected chi connectivity index (χ0v) is 20.9. The Morgan fingerprint density at radius 3 is 1.00 bits per heavy atom. The molecule has 5 heteroatoms. The molecule has 0 spiro atoms. The first-order chi connectivity index (χ1) is 18.4. The van der Waals surface area contributed by atoms with E-state index in [-0.39, 0.29) is 0 Å². The molecule has 0 bridgehead atoms. The number of rotatable bonds is 8. The average Bonchev–Trinajstić information content (AvgIpc) is 3.43. The van der Waals surface area contributed by atoms with E-state index in [4.69, 9.17) is 0 Å². The van der Waals surface area contributed by atoms with Gasteiger partial charge in [0.1, 0.15) is 11.4 Å². The highest BCUT2D eigenvalue weighted by Crippen LogP contribution is 2.15. The minimum Gasteiger partial charge on any atom is -0.157 e. The number of nitrogens with zero attached hydrogens (tertiary/aromatic N) is 4. The van der Waals surface area contributed by atoms with Gasteiger partial charge in [0.05, 0.1) is 12.4 Å². The molecular formula is C32H24N4S. The van der Waals surface area contributed by atoms with Crippen LogP contribution in [0.3, 0.4) is 0 Å². The van der Waals surface area contributed by atoms with E-state index >= 15 is 0 Å². The molecule has 0 atom stereocenters. The van der Waals surface area contributed by atoms with Crippen molar-refractivity contribution in [2.75, 3.05) is 0 Å². The van der Waals surface area contributed by atoms with Crippen molar-refractivity contribution in [3.63, 3.8) is 0 Å². The van der Waals surface area contributed by atoms with Crippen molar-refractivity contribution in [2.45, 2.75) is 0 Å². The lowest BCUT2D eigenvalue weighted by Crippen LogP contribution is -2.02. The van der Waals surface area contributed by atoms with Crippen LogP contribution in [0.2, 0.25) is 0 Å². The summed E-state index contributed by atoms with van der Waals surface area (Å²) >= 11 is 1.58. The Morgan fingerprint density at radius 2 is 0.703 bits per heavy atom. The first-order valence-corrected chi connectivity index (χ1v) is 12.7. The minimum atomic E-state index is 0.833. The fourth-order valence-electron chi connectivity index (χ4n) is 3.74. The molecule has 0 saturated heterocycles. The smallest absolute Gasteiger partial charge is 0.100 e. The van der Waals surface area contributed by atoms with Crippen molar-refractivity contribution in [3.05, 3.63) is 165 Å². The second kappa shape index (κ2) is 12.3. The zero-order valence-electron chi connectivity index (χ0n) is 20.1. The quantitative estimate of drug-likeness (QED) is 0.158. The molecule has 4 aromatic carbocycles. The molecule has 178 valence electrons. The summed E-state index contributed by atoms with van der Waals surface area (Å²) in [6.07, 6.45) is 3.55. The van der Waals surface area contributed by atoms with Crippen LogP contribution in [0.5, 0.6) is 0 Å². The van der Waals surface area contributed by atoms with Gasteiger partial charge in [0.15, 0.2) is 0 Å². The monoisotopic (exact) mass is 496 g/mol. The summed E-state index contributed by atoms with van der Waals surface area (Å²) in [5, 5.41) is 17.9. The summed E-state index contributed by atoms with van der Waals surface area (Å²) in [6, 6.07) is 44.4. The summed E-state index contributed by atoms with van der Waals surface area (Å²) in [7, 11) is 0. The Hall–Kier alpha value is -4.74. The topological polar surface area (TPSA) is 49.4 Å². The molecule has 0 aliphatic rings. The van der Waals surface area contributed by atoms with Crippen molar-refractivity contribution >= 4 is 35.2 Å². The minimum absolute atomic E-state index is 0.833. The summed E-state index contributed by atoms with van der Waals surface area (Å²) in [5.74, 6) is 0. The normalized spacial score (nSPS) is 11.0. The molecule has 0 aliphatic heterocycles. The Kier molecular flexibility index (Phi) is 7.96. The molecule has 4 nitrogen and oxygen atoms in total. The van der Waals surface area contributed by atoms with E-state index in [9.17, 15) is 0 Å². The summed E-state index contributed by atoms with van der Waals surface area (Å²) in [6.45, 7) is 0. The SMILES string of the molecule is C(=N\N=C(c1ccccc1)c1ccccc1)/c1ccc(/C=N/N=C(c2ccccc2)c2ccccc2)s1. The molecule has 0 unspecified atom stereocenters. The molecule has 0 amide bonds. The van der Waals surface area contributed by atoms with Gasteiger partial charge in [-0.25, -0.2) is 0 Å². The van der Waals surface area contributed by atoms with Crippen LogP contribution in [-0.2, 0) is 0 Å². The predicted octanol–water partition coefficient (Wildman–Crippen LogP) is 7.49. The van der Waals surface area contributed by atoms with Crippen molar-refractivity contribution < 1.29 is 0 Å². The maximum atomic E-state index is 4.56. The van der Waals surface area contributed by atoms with E-state index in [1.165, 1.54) is 0 Å². The lowest BCUT2D eigenvalue weighted by Gasteiger charge is -2.04. The maximum Gasteiger partial charge on any atom is 0.100 e. The molecule has 5 rings (SSSR count). The van der Waals surface area contributed by atoms with Crippen molar-refractivity contribution in [1.29, 1.82) is 0 Å². The van der Waals surface area contributed by atoms with Crippen LogP contribution in [0.4, 0.5) is 0 Å². The number of benzene rings is 4. The maximum absolute atomic E-state index is 4.56. The molecule has 0 N–H and O–H groups in total. The predicted molar refractivity (Wildman–Crippen MR) is 157 cm³/mol. The molecule has 1 heterocycles. The average molecular weight is 497 g/mol. The molecular weight excluding hydrogens is 472 g/mol. The van der Waals surface area contributed by atoms with Gasteiger partial charge in [0.2, 0.25) is 0 Å². The van der Waals surface area contributed by atoms with Crippen LogP contribution in [0.1, 0.15) is 32.0 Å². The van der Waals surface area contributed by atoms with Gasteiger partial charge >= 0.3 is 0 Å². The van der Waals surface area contributed by atoms with Gasteiger partial charge in [-0.15, -0.1) is 21.5 Å². The second-order valence-corrected chi connectivity index (χ2v) is 9.24. The summed E-state index contributed by atoms with van der Waals surface area (Å²) in [5.41, 5.74) is 5.76. The Labute approximate surface area is 220 Å². The molecule has 0 aliphatic carbocycles. The standard InChI is InChI=1S/C32H24N4S/c1-5-13-25(14-6-1)31(26-15-7-2-8-16-26)35-33-23-29-21-22-30(37-29)24-34-36-32(27-17-9-3-10-18-27)28-19-11-4-12-20-28/h1-24H/b33-23+,34-24+. The largest absolute Gasteiger partial charge is 0.157 e. The lowest BCUT2D eigenvalue weighted by molar-refractivity contribution is 1.25. The van der Waals surface area contributed by atoms with Crippen molar-refractivity contribution in [1.82, 2.24) is 0 Å². The van der Waals surface area contributed by atoms with Gasteiger partial charge in [0.25, 0.3) is 0 Å². The first-order valence-electron chi connectivity index (χ1n) is 11.9. The summed E-state index contributed by atoms with van der Waals surface area (Å²) in [4.78, 5) is 1.97. The molecule has 0 fully saturated rings. The van der Waals surface area contributed by atoms with Gasteiger partial charge < -0.3 is 0 Å². The van der Waals surface area contributed by atoms with Gasteiger partial charge in [-0.1, -0.05) is 121 Å². The van der Waals surface area contributed by atoms with Gasteiger partial charge in [-0.05, 0) is 12.1 Å². The number of hydrogen-bond donors (Lipinski definition) is 0. The molecule has 5 aromatic rings. The van der Waals surface area contributed by atoms with Crippen LogP contribution in [0, 0.1) is 0 Å². The molecule has 37 heavy (non-hydrogen) atoms. The Balaban J connectivity index is 1.35. The fourth-order valence-corrected chi connectivity index (χ4v) is 4.49. The first kappa shape index (κ1) is 24.0. The number of thiophene rings is 1. The van der Waals surface area contributed by atoms with E-state index in [0.717, 1.165) is 43.4 Å². The highest BCUT2D eigenvalue weighted by atomic mass is 32.1. The second-order valence-electron chi connectivity index (χ2n) is 8.09. The van der Waals surface area contributed by atoms with Crippen LogP contribution >= 0.6 is 11.3 Å². The Bertz CT molecular complexity index is 1340. The third kappa shape index (κ3) is 6.48. The highest BCUT2D eigenvalue weighted by molar-refractivity contribution is 7.15. The van der Waals surface area contributed by atoms with E-state index in [1.54, 1.807) is 23.8 Å². The Morgan fingerprint density at radius 1 is 0.405 bits per heavy atom. The van der Waals surface area contributed by atoms with Gasteiger partial charge in [0, 0.05) is 32.0 Å². The van der Waals surface area contributed by atoms with E-state index < -0.39 is 0 Å². The zero-order chi connectivity index (χ0) is 25.1. The van der Waals surface area contributed by atoms with E-state index in [2.05, 4.69) is 20.4 Å². The van der Waals surface area contributed by atoms with Crippen molar-refractivity contribution in [2.24, 2.45) is 20.4 Å². The van der Waals surface area contributed by atoms with Crippen molar-refractivity contribution in [3.8, 4) is 0 Å². The molecule has 0 radical (unpaired) electrons. The van der Waals surface area contributed by atoms with Gasteiger partial charge in [-0.3, -0.25) is 0 Å². The van der Waals surface area contributed by atoms with Crippen LogP contribution in [-0.4, -0.2) is 23.9 Å². The third-order valence-corrected chi connectivity index (χ3v) is 6.48. The van der Waals surface area contributed by atoms with Crippen LogP contribution in [0.15, 0.2) is 154 Å². The highest BCUT2D eigenvalue weighted by Gasteiger charge is 2.07. The van der Waals surface area contributed by atoms with E-state index in [0.29, 0.717) is 0 Å². The van der Waals surface area contributed by atoms with Crippen LogP contribution < -0.4 is 0 Å².